The number of carbonyl (C=O) groups is 2. The number of nitrogens with zero attached hydrogens (tertiary/aromatic N) is 1. The Labute approximate surface area is 222 Å². The van der Waals surface area contributed by atoms with Gasteiger partial charge in [-0.15, -0.1) is 0 Å². The first kappa shape index (κ1) is 26.6. The first-order chi connectivity index (χ1) is 18.3. The molecule has 0 saturated carbocycles. The maximum atomic E-state index is 13.5. The molecule has 1 aliphatic rings. The normalized spacial score (nSPS) is 16.6. The number of Topliss-reactive ketones (excluding diaryl/α,β-unsaturated/α-hetero) is 1. The van der Waals surface area contributed by atoms with E-state index in [9.17, 15) is 14.7 Å². The Balaban J connectivity index is 1.90. The first-order valence-corrected chi connectivity index (χ1v) is 12.3. The lowest BCUT2D eigenvalue weighted by Gasteiger charge is -2.26. The Kier molecular flexibility index (Phi) is 7.90. The van der Waals surface area contributed by atoms with Crippen LogP contribution in [0.25, 0.3) is 5.76 Å². The summed E-state index contributed by atoms with van der Waals surface area (Å²) in [6.45, 7) is 6.17. The molecule has 1 amide bonds. The van der Waals surface area contributed by atoms with E-state index in [-0.39, 0.29) is 17.4 Å². The molecule has 1 unspecified atom stereocenters. The summed E-state index contributed by atoms with van der Waals surface area (Å²) in [7, 11) is 2.98. The number of rotatable bonds is 9. The molecule has 1 aliphatic heterocycles. The molecular formula is C30H31NO7. The van der Waals surface area contributed by atoms with Crippen molar-refractivity contribution < 1.29 is 33.6 Å². The summed E-state index contributed by atoms with van der Waals surface area (Å²) < 4.78 is 22.1. The average Bonchev–Trinajstić information content (AvgIpc) is 3.18. The molecule has 1 heterocycles. The second-order valence-electron chi connectivity index (χ2n) is 8.90. The molecule has 0 bridgehead atoms. The summed E-state index contributed by atoms with van der Waals surface area (Å²) in [6, 6.07) is 18.0. The summed E-state index contributed by atoms with van der Waals surface area (Å²) in [5.41, 5.74) is 1.37. The monoisotopic (exact) mass is 517 g/mol. The van der Waals surface area contributed by atoms with Crippen LogP contribution in [0.2, 0.25) is 0 Å². The van der Waals surface area contributed by atoms with E-state index in [4.69, 9.17) is 18.9 Å². The number of methoxy groups -OCH3 is 2. The van der Waals surface area contributed by atoms with Gasteiger partial charge in [0.15, 0.2) is 11.5 Å². The molecule has 4 rings (SSSR count). The summed E-state index contributed by atoms with van der Waals surface area (Å²) in [5.74, 6) is 0.182. The minimum Gasteiger partial charge on any atom is -0.507 e. The summed E-state index contributed by atoms with van der Waals surface area (Å²) in [4.78, 5) is 28.3. The van der Waals surface area contributed by atoms with Gasteiger partial charge in [-0.1, -0.05) is 18.2 Å². The van der Waals surface area contributed by atoms with Crippen LogP contribution >= 0.6 is 0 Å². The largest absolute Gasteiger partial charge is 0.507 e. The van der Waals surface area contributed by atoms with Crippen LogP contribution in [0.15, 0.2) is 72.3 Å². The molecule has 0 aliphatic carbocycles. The van der Waals surface area contributed by atoms with Crippen molar-refractivity contribution >= 4 is 23.1 Å². The standard InChI is InChI=1S/C30H31NO7/c1-6-37-23-9-7-8-21(17-23)31-27(19-10-13-22(14-11-19)38-18(2)3)26(29(33)30(31)34)28(32)20-12-15-24(35-4)25(16-20)36-5/h7-18,27,32H,6H2,1-5H3/b28-26+. The molecule has 8 heteroatoms. The van der Waals surface area contributed by atoms with Crippen molar-refractivity contribution in [1.29, 1.82) is 0 Å². The number of benzene rings is 3. The quantitative estimate of drug-likeness (QED) is 0.227. The molecule has 3 aromatic rings. The molecule has 1 atom stereocenters. The Morgan fingerprint density at radius 1 is 0.921 bits per heavy atom. The van der Waals surface area contributed by atoms with E-state index in [1.807, 2.05) is 20.8 Å². The number of ketones is 1. The summed E-state index contributed by atoms with van der Waals surface area (Å²) in [5, 5.41) is 11.4. The molecule has 8 nitrogen and oxygen atoms in total. The van der Waals surface area contributed by atoms with E-state index in [0.29, 0.717) is 46.4 Å². The van der Waals surface area contributed by atoms with Gasteiger partial charge in [0, 0.05) is 17.3 Å². The van der Waals surface area contributed by atoms with Crippen molar-refractivity contribution in [2.24, 2.45) is 0 Å². The number of hydrogen-bond acceptors (Lipinski definition) is 7. The Morgan fingerprint density at radius 2 is 1.63 bits per heavy atom. The van der Waals surface area contributed by atoms with Gasteiger partial charge in [-0.3, -0.25) is 14.5 Å². The van der Waals surface area contributed by atoms with Crippen molar-refractivity contribution in [3.63, 3.8) is 0 Å². The highest BCUT2D eigenvalue weighted by molar-refractivity contribution is 6.51. The number of aliphatic hydroxyl groups is 1. The minimum atomic E-state index is -0.895. The molecule has 198 valence electrons. The van der Waals surface area contributed by atoms with Crippen molar-refractivity contribution in [3.8, 4) is 23.0 Å². The number of carbonyl (C=O) groups excluding carboxylic acids is 2. The van der Waals surface area contributed by atoms with E-state index in [0.717, 1.165) is 0 Å². The Hall–Kier alpha value is -4.46. The highest BCUT2D eigenvalue weighted by atomic mass is 16.5. The highest BCUT2D eigenvalue weighted by Crippen LogP contribution is 2.44. The maximum Gasteiger partial charge on any atom is 0.300 e. The third-order valence-electron chi connectivity index (χ3n) is 6.08. The van der Waals surface area contributed by atoms with Crippen molar-refractivity contribution in [1.82, 2.24) is 0 Å². The SMILES string of the molecule is CCOc1cccc(N2C(=O)C(=O)/C(=C(/O)c3ccc(OC)c(OC)c3)C2c2ccc(OC(C)C)cc2)c1. The molecule has 1 N–H and O–H groups in total. The van der Waals surface area contributed by atoms with E-state index >= 15 is 0 Å². The number of amides is 1. The summed E-state index contributed by atoms with van der Waals surface area (Å²) in [6.07, 6.45) is -0.0159. The zero-order chi connectivity index (χ0) is 27.4. The number of anilines is 1. The van der Waals surface area contributed by atoms with E-state index in [1.54, 1.807) is 66.7 Å². The van der Waals surface area contributed by atoms with Gasteiger partial charge in [0.05, 0.1) is 38.5 Å². The third kappa shape index (κ3) is 5.16. The van der Waals surface area contributed by atoms with Crippen LogP contribution in [0.1, 0.15) is 37.9 Å². The number of hydrogen-bond donors (Lipinski definition) is 1. The lowest BCUT2D eigenvalue weighted by Crippen LogP contribution is -2.29. The van der Waals surface area contributed by atoms with Gasteiger partial charge in [-0.05, 0) is 68.8 Å². The zero-order valence-electron chi connectivity index (χ0n) is 22.1. The van der Waals surface area contributed by atoms with Gasteiger partial charge in [0.2, 0.25) is 0 Å². The molecule has 38 heavy (non-hydrogen) atoms. The smallest absolute Gasteiger partial charge is 0.300 e. The third-order valence-corrected chi connectivity index (χ3v) is 6.08. The predicted octanol–water partition coefficient (Wildman–Crippen LogP) is 5.52. The molecule has 3 aromatic carbocycles. The van der Waals surface area contributed by atoms with E-state index < -0.39 is 17.7 Å². The fourth-order valence-electron chi connectivity index (χ4n) is 4.44. The second-order valence-corrected chi connectivity index (χ2v) is 8.90. The van der Waals surface area contributed by atoms with Crippen molar-refractivity contribution in [2.75, 3.05) is 25.7 Å². The average molecular weight is 518 g/mol. The zero-order valence-corrected chi connectivity index (χ0v) is 22.1. The number of aliphatic hydroxyl groups excluding tert-OH is 1. The van der Waals surface area contributed by atoms with Crippen LogP contribution in [-0.4, -0.2) is 43.7 Å². The molecule has 0 spiro atoms. The highest BCUT2D eigenvalue weighted by Gasteiger charge is 2.47. The second kappa shape index (κ2) is 11.3. The van der Waals surface area contributed by atoms with Gasteiger partial charge in [0.25, 0.3) is 11.7 Å². The van der Waals surface area contributed by atoms with Crippen LogP contribution in [0, 0.1) is 0 Å². The van der Waals surface area contributed by atoms with Gasteiger partial charge in [-0.2, -0.15) is 0 Å². The van der Waals surface area contributed by atoms with Crippen LogP contribution in [0.5, 0.6) is 23.0 Å². The summed E-state index contributed by atoms with van der Waals surface area (Å²) >= 11 is 0. The lowest BCUT2D eigenvalue weighted by atomic mass is 9.95. The maximum absolute atomic E-state index is 13.5. The molecule has 0 radical (unpaired) electrons. The van der Waals surface area contributed by atoms with Gasteiger partial charge >= 0.3 is 0 Å². The predicted molar refractivity (Wildman–Crippen MR) is 144 cm³/mol. The molecule has 1 fully saturated rings. The van der Waals surface area contributed by atoms with Gasteiger partial charge in [-0.25, -0.2) is 0 Å². The fourth-order valence-corrected chi connectivity index (χ4v) is 4.44. The topological polar surface area (TPSA) is 94.5 Å². The van der Waals surface area contributed by atoms with Crippen molar-refractivity contribution in [3.05, 3.63) is 83.4 Å². The minimum absolute atomic E-state index is 0.0159. The van der Waals surface area contributed by atoms with Crippen LogP contribution < -0.4 is 23.8 Å². The fraction of sp³-hybridized carbons (Fsp3) is 0.267. The van der Waals surface area contributed by atoms with Crippen molar-refractivity contribution in [2.45, 2.75) is 32.9 Å². The Bertz CT molecular complexity index is 1360. The first-order valence-electron chi connectivity index (χ1n) is 12.3. The van der Waals surface area contributed by atoms with E-state index in [2.05, 4.69) is 0 Å². The van der Waals surface area contributed by atoms with Crippen LogP contribution in [-0.2, 0) is 9.59 Å². The van der Waals surface area contributed by atoms with E-state index in [1.165, 1.54) is 19.1 Å². The van der Waals surface area contributed by atoms with Gasteiger partial charge < -0.3 is 24.1 Å². The lowest BCUT2D eigenvalue weighted by molar-refractivity contribution is -0.132. The van der Waals surface area contributed by atoms with Crippen LogP contribution in [0.4, 0.5) is 5.69 Å². The van der Waals surface area contributed by atoms with Gasteiger partial charge in [0.1, 0.15) is 17.3 Å². The number of ether oxygens (including phenoxy) is 4. The Morgan fingerprint density at radius 3 is 2.26 bits per heavy atom. The molecule has 0 aromatic heterocycles. The molecule has 1 saturated heterocycles. The van der Waals surface area contributed by atoms with Crippen LogP contribution in [0.3, 0.4) is 0 Å². The molecular weight excluding hydrogens is 486 g/mol.